The number of pyridine rings is 1. The number of nitrogens with one attached hydrogen (secondary N) is 1. The predicted molar refractivity (Wildman–Crippen MR) is 134 cm³/mol. The van der Waals surface area contributed by atoms with Gasteiger partial charge >= 0.3 is 0 Å². The van der Waals surface area contributed by atoms with Crippen LogP contribution in [0.4, 0.5) is 4.39 Å². The number of aromatic amines is 1. The van der Waals surface area contributed by atoms with Gasteiger partial charge in [0.05, 0.1) is 26.3 Å². The Morgan fingerprint density at radius 2 is 1.74 bits per heavy atom. The normalized spacial score (nSPS) is 10.9. The second-order valence-electron chi connectivity index (χ2n) is 8.34. The number of amides is 1. The van der Waals surface area contributed by atoms with Crippen molar-refractivity contribution >= 4 is 16.8 Å². The first-order chi connectivity index (χ1) is 16.9. The average molecular weight is 475 g/mol. The quantitative estimate of drug-likeness (QED) is 0.395. The number of rotatable bonds is 8. The molecule has 0 aliphatic rings. The number of halogens is 1. The van der Waals surface area contributed by atoms with Gasteiger partial charge in [-0.2, -0.15) is 0 Å². The van der Waals surface area contributed by atoms with Crippen LogP contribution in [0.5, 0.6) is 11.5 Å². The summed E-state index contributed by atoms with van der Waals surface area (Å²) in [7, 11) is 3.13. The van der Waals surface area contributed by atoms with E-state index in [0.717, 1.165) is 22.0 Å². The van der Waals surface area contributed by atoms with Crippen LogP contribution in [0.15, 0.2) is 71.5 Å². The number of hydrogen-bond donors (Lipinski definition) is 1. The van der Waals surface area contributed by atoms with Crippen LogP contribution in [0.3, 0.4) is 0 Å². The fourth-order valence-corrected chi connectivity index (χ4v) is 4.11. The van der Waals surface area contributed by atoms with Crippen LogP contribution in [0.25, 0.3) is 10.9 Å². The molecule has 7 heteroatoms. The Morgan fingerprint density at radius 3 is 2.49 bits per heavy atom. The number of nitrogens with zero attached hydrogens (tertiary/aromatic N) is 1. The maximum atomic E-state index is 13.8. The third-order valence-corrected chi connectivity index (χ3v) is 6.00. The molecule has 0 atom stereocenters. The van der Waals surface area contributed by atoms with Crippen LogP contribution >= 0.6 is 0 Å². The highest BCUT2D eigenvalue weighted by molar-refractivity contribution is 5.94. The maximum Gasteiger partial charge on any atom is 0.254 e. The Bertz CT molecular complexity index is 1430. The highest BCUT2D eigenvalue weighted by Gasteiger charge is 2.19. The number of benzene rings is 3. The largest absolute Gasteiger partial charge is 0.493 e. The Hall–Kier alpha value is -4.13. The van der Waals surface area contributed by atoms with Crippen molar-refractivity contribution in [3.63, 3.8) is 0 Å². The molecule has 180 valence electrons. The molecule has 0 radical (unpaired) electrons. The Labute approximate surface area is 202 Å². The number of ether oxygens (including phenoxy) is 2. The molecule has 6 nitrogen and oxygen atoms in total. The van der Waals surface area contributed by atoms with E-state index in [1.54, 1.807) is 25.2 Å². The predicted octanol–water partition coefficient (Wildman–Crippen LogP) is 4.88. The van der Waals surface area contributed by atoms with E-state index in [0.29, 0.717) is 30.0 Å². The number of carbonyl (C=O) groups excluding carboxylic acids is 1. The molecular formula is C28H27FN2O4. The number of fused-ring (bicyclic) bond motifs is 1. The van der Waals surface area contributed by atoms with E-state index >= 15 is 0 Å². The molecule has 1 amide bonds. The smallest absolute Gasteiger partial charge is 0.254 e. The van der Waals surface area contributed by atoms with Gasteiger partial charge in [0.25, 0.3) is 11.5 Å². The highest BCUT2D eigenvalue weighted by atomic mass is 19.1. The van der Waals surface area contributed by atoms with Gasteiger partial charge in [0, 0.05) is 17.7 Å². The zero-order valence-corrected chi connectivity index (χ0v) is 19.9. The van der Waals surface area contributed by atoms with E-state index in [1.165, 1.54) is 18.2 Å². The second kappa shape index (κ2) is 10.4. The summed E-state index contributed by atoms with van der Waals surface area (Å²) in [6.07, 6.45) is 0.506. The lowest BCUT2D eigenvalue weighted by atomic mass is 10.1. The van der Waals surface area contributed by atoms with Crippen molar-refractivity contribution in [2.45, 2.75) is 19.9 Å². The number of H-pyrrole nitrogens is 1. The van der Waals surface area contributed by atoms with Crippen LogP contribution in [0.2, 0.25) is 0 Å². The molecule has 35 heavy (non-hydrogen) atoms. The van der Waals surface area contributed by atoms with E-state index in [4.69, 9.17) is 9.47 Å². The van der Waals surface area contributed by atoms with Crippen molar-refractivity contribution in [1.29, 1.82) is 0 Å². The molecule has 0 saturated heterocycles. The number of para-hydroxylation sites is 1. The zero-order chi connectivity index (χ0) is 24.9. The first-order valence-electron chi connectivity index (χ1n) is 11.3. The summed E-state index contributed by atoms with van der Waals surface area (Å²) in [6.45, 7) is 2.33. The first-order valence-corrected chi connectivity index (χ1v) is 11.3. The highest BCUT2D eigenvalue weighted by Crippen LogP contribution is 2.28. The Kier molecular flexibility index (Phi) is 7.15. The van der Waals surface area contributed by atoms with Crippen molar-refractivity contribution in [2.75, 3.05) is 20.8 Å². The van der Waals surface area contributed by atoms with Crippen molar-refractivity contribution in [3.05, 3.63) is 105 Å². The van der Waals surface area contributed by atoms with Crippen LogP contribution in [-0.4, -0.2) is 36.6 Å². The van der Waals surface area contributed by atoms with Gasteiger partial charge in [0.2, 0.25) is 0 Å². The summed E-state index contributed by atoms with van der Waals surface area (Å²) in [6, 6.07) is 18.7. The van der Waals surface area contributed by atoms with Gasteiger partial charge in [-0.3, -0.25) is 9.59 Å². The van der Waals surface area contributed by atoms with E-state index < -0.39 is 5.82 Å². The van der Waals surface area contributed by atoms with E-state index in [2.05, 4.69) is 4.98 Å². The zero-order valence-electron chi connectivity index (χ0n) is 19.9. The van der Waals surface area contributed by atoms with Gasteiger partial charge in [0.1, 0.15) is 5.82 Å². The summed E-state index contributed by atoms with van der Waals surface area (Å²) in [5, 5.41) is 0.887. The minimum absolute atomic E-state index is 0.0852. The van der Waals surface area contributed by atoms with E-state index in [1.807, 2.05) is 49.4 Å². The summed E-state index contributed by atoms with van der Waals surface area (Å²) in [5.74, 6) is 0.361. The van der Waals surface area contributed by atoms with Gasteiger partial charge in [-0.25, -0.2) is 4.39 Å². The lowest BCUT2D eigenvalue weighted by molar-refractivity contribution is 0.0744. The second-order valence-corrected chi connectivity index (χ2v) is 8.34. The monoisotopic (exact) mass is 474 g/mol. The molecule has 0 bridgehead atoms. The molecular weight excluding hydrogens is 447 g/mol. The Morgan fingerprint density at radius 1 is 0.971 bits per heavy atom. The van der Waals surface area contributed by atoms with Gasteiger partial charge < -0.3 is 19.4 Å². The van der Waals surface area contributed by atoms with Crippen molar-refractivity contribution in [1.82, 2.24) is 9.88 Å². The molecule has 1 N–H and O–H groups in total. The Balaban J connectivity index is 1.65. The summed E-state index contributed by atoms with van der Waals surface area (Å²) >= 11 is 0. The van der Waals surface area contributed by atoms with Crippen molar-refractivity contribution < 1.29 is 18.7 Å². The minimum atomic E-state index is -0.491. The van der Waals surface area contributed by atoms with Crippen molar-refractivity contribution in [2.24, 2.45) is 0 Å². The van der Waals surface area contributed by atoms with Gasteiger partial charge in [-0.15, -0.1) is 0 Å². The summed E-state index contributed by atoms with van der Waals surface area (Å²) < 4.78 is 24.5. The molecule has 4 rings (SSSR count). The van der Waals surface area contributed by atoms with Crippen LogP contribution in [0.1, 0.15) is 27.0 Å². The van der Waals surface area contributed by atoms with Gasteiger partial charge in [-0.05, 0) is 66.3 Å². The fraction of sp³-hybridized carbons (Fsp3) is 0.214. The lowest BCUT2D eigenvalue weighted by Crippen LogP contribution is -2.34. The number of carbonyl (C=O) groups is 1. The van der Waals surface area contributed by atoms with Crippen LogP contribution < -0.4 is 15.0 Å². The topological polar surface area (TPSA) is 71.6 Å². The summed E-state index contributed by atoms with van der Waals surface area (Å²) in [4.78, 5) is 30.8. The van der Waals surface area contributed by atoms with Gasteiger partial charge in [-0.1, -0.05) is 30.3 Å². The summed E-state index contributed by atoms with van der Waals surface area (Å²) in [5.41, 5.74) is 3.10. The number of methoxy groups -OCH3 is 2. The van der Waals surface area contributed by atoms with Gasteiger partial charge in [0.15, 0.2) is 11.5 Å². The fourth-order valence-electron chi connectivity index (χ4n) is 4.11. The molecule has 0 aliphatic heterocycles. The standard InChI is InChI=1S/C28H27FN2O4/c1-18-6-4-7-20-15-22(27(32)30-26(18)20)17-31(28(33)21-8-5-9-23(29)16-21)13-12-19-10-11-24(34-2)25(14-19)35-3/h4-11,14-16H,12-13,17H2,1-3H3,(H,30,32). The number of aromatic nitrogens is 1. The number of hydrogen-bond acceptors (Lipinski definition) is 4. The van der Waals surface area contributed by atoms with Crippen LogP contribution in [0, 0.1) is 12.7 Å². The average Bonchev–Trinajstić information content (AvgIpc) is 2.86. The third kappa shape index (κ3) is 5.35. The van der Waals surface area contributed by atoms with E-state index in [9.17, 15) is 14.0 Å². The lowest BCUT2D eigenvalue weighted by Gasteiger charge is -2.23. The molecule has 0 spiro atoms. The molecule has 0 aliphatic carbocycles. The third-order valence-electron chi connectivity index (χ3n) is 6.00. The molecule has 1 heterocycles. The van der Waals surface area contributed by atoms with E-state index in [-0.39, 0.29) is 23.6 Å². The SMILES string of the molecule is COc1ccc(CCN(Cc2cc3cccc(C)c3[nH]c2=O)C(=O)c2cccc(F)c2)cc1OC. The molecule has 0 fully saturated rings. The number of aryl methyl sites for hydroxylation is 1. The molecule has 0 unspecified atom stereocenters. The maximum absolute atomic E-state index is 13.8. The molecule has 3 aromatic carbocycles. The molecule has 4 aromatic rings. The minimum Gasteiger partial charge on any atom is -0.493 e. The van der Waals surface area contributed by atoms with Crippen LogP contribution in [-0.2, 0) is 13.0 Å². The first kappa shape index (κ1) is 24.0. The van der Waals surface area contributed by atoms with Crippen molar-refractivity contribution in [3.8, 4) is 11.5 Å². The molecule has 1 aromatic heterocycles. The molecule has 0 saturated carbocycles.